The number of halogens is 2. The van der Waals surface area contributed by atoms with Crippen LogP contribution in [-0.2, 0) is 23.4 Å². The van der Waals surface area contributed by atoms with Crippen LogP contribution in [0.3, 0.4) is 0 Å². The zero-order valence-corrected chi connectivity index (χ0v) is 18.3. The van der Waals surface area contributed by atoms with Crippen molar-refractivity contribution in [3.05, 3.63) is 63.1 Å². The van der Waals surface area contributed by atoms with Crippen LogP contribution in [0.15, 0.2) is 36.4 Å². The van der Waals surface area contributed by atoms with E-state index in [4.69, 9.17) is 27.9 Å². The summed E-state index contributed by atoms with van der Waals surface area (Å²) in [5.41, 5.74) is 3.89. The minimum Gasteiger partial charge on any atom is -0.481 e. The van der Waals surface area contributed by atoms with E-state index in [1.54, 1.807) is 24.8 Å². The van der Waals surface area contributed by atoms with Crippen LogP contribution in [0, 0.1) is 0 Å². The van der Waals surface area contributed by atoms with Gasteiger partial charge in [0.05, 0.1) is 10.0 Å². The van der Waals surface area contributed by atoms with Gasteiger partial charge in [0.15, 0.2) is 6.10 Å². The second kappa shape index (κ2) is 10.4. The van der Waals surface area contributed by atoms with Crippen LogP contribution in [0.4, 0.5) is 0 Å². The highest BCUT2D eigenvalue weighted by Gasteiger charge is 2.16. The molecule has 0 fully saturated rings. The Kier molecular flexibility index (Phi) is 7.95. The van der Waals surface area contributed by atoms with Crippen molar-refractivity contribution in [1.82, 2.24) is 5.32 Å². The smallest absolute Gasteiger partial charge is 0.260 e. The Bertz CT molecular complexity index is 828. The summed E-state index contributed by atoms with van der Waals surface area (Å²) in [6, 6.07) is 11.8. The number of aryl methyl sites for hydroxylation is 2. The van der Waals surface area contributed by atoms with Crippen molar-refractivity contribution in [2.45, 2.75) is 44.5 Å². The number of amides is 1. The molecule has 0 radical (unpaired) electrons. The fourth-order valence-electron chi connectivity index (χ4n) is 3.25. The zero-order chi connectivity index (χ0) is 19.9. The molecule has 0 spiro atoms. The second-order valence-electron chi connectivity index (χ2n) is 6.99. The summed E-state index contributed by atoms with van der Waals surface area (Å²) in [7, 11) is 0. The monoisotopic (exact) mass is 437 g/mol. The molecule has 0 aliphatic heterocycles. The molecule has 1 N–H and O–H groups in total. The van der Waals surface area contributed by atoms with Crippen LogP contribution in [0.2, 0.25) is 10.0 Å². The Hall–Kier alpha value is -1.36. The van der Waals surface area contributed by atoms with Crippen molar-refractivity contribution in [2.75, 3.05) is 12.3 Å². The molecule has 0 saturated carbocycles. The van der Waals surface area contributed by atoms with E-state index in [0.717, 1.165) is 35.7 Å². The van der Waals surface area contributed by atoms with Gasteiger partial charge in [-0.1, -0.05) is 35.3 Å². The molecule has 1 aliphatic rings. The standard InChI is InChI=1S/C22H25Cl2NO2S/c1-15(27-19-8-7-17-4-2-3-5-18(17)13-19)22(26)25-10-11-28-14-16-6-9-20(23)21(24)12-16/h6-9,12-13,15H,2-5,10-11,14H2,1H3,(H,25,26)/t15-/m1/s1. The molecule has 1 amide bonds. The van der Waals surface area contributed by atoms with Gasteiger partial charge in [0.1, 0.15) is 5.75 Å². The van der Waals surface area contributed by atoms with E-state index in [1.165, 1.54) is 24.0 Å². The van der Waals surface area contributed by atoms with E-state index in [0.29, 0.717) is 16.6 Å². The molecule has 6 heteroatoms. The predicted molar refractivity (Wildman–Crippen MR) is 119 cm³/mol. The van der Waals surface area contributed by atoms with Crippen LogP contribution in [0.1, 0.15) is 36.5 Å². The maximum atomic E-state index is 12.3. The lowest BCUT2D eigenvalue weighted by molar-refractivity contribution is -0.127. The highest BCUT2D eigenvalue weighted by molar-refractivity contribution is 7.98. The van der Waals surface area contributed by atoms with Gasteiger partial charge in [0.2, 0.25) is 0 Å². The maximum absolute atomic E-state index is 12.3. The average molecular weight is 438 g/mol. The molecular formula is C22H25Cl2NO2S. The molecule has 0 bridgehead atoms. The van der Waals surface area contributed by atoms with Crippen LogP contribution >= 0.6 is 35.0 Å². The first-order valence-electron chi connectivity index (χ1n) is 9.61. The normalized spacial score (nSPS) is 14.2. The van der Waals surface area contributed by atoms with Gasteiger partial charge in [-0.25, -0.2) is 0 Å². The lowest BCUT2D eigenvalue weighted by Crippen LogP contribution is -2.37. The number of fused-ring (bicyclic) bond motifs is 1. The summed E-state index contributed by atoms with van der Waals surface area (Å²) < 4.78 is 5.85. The summed E-state index contributed by atoms with van der Waals surface area (Å²) in [4.78, 5) is 12.3. The number of benzene rings is 2. The Morgan fingerprint density at radius 1 is 1.11 bits per heavy atom. The van der Waals surface area contributed by atoms with Gasteiger partial charge in [-0.15, -0.1) is 0 Å². The van der Waals surface area contributed by atoms with Gasteiger partial charge in [-0.3, -0.25) is 4.79 Å². The molecule has 3 nitrogen and oxygen atoms in total. The van der Waals surface area contributed by atoms with E-state index in [9.17, 15) is 4.79 Å². The Balaban J connectivity index is 1.38. The van der Waals surface area contributed by atoms with Crippen molar-refractivity contribution in [3.63, 3.8) is 0 Å². The van der Waals surface area contributed by atoms with Gasteiger partial charge in [-0.05, 0) is 73.6 Å². The third-order valence-electron chi connectivity index (χ3n) is 4.80. The molecule has 0 heterocycles. The SMILES string of the molecule is C[C@@H](Oc1ccc2c(c1)CCCC2)C(=O)NCCSCc1ccc(Cl)c(Cl)c1. The van der Waals surface area contributed by atoms with Crippen molar-refractivity contribution < 1.29 is 9.53 Å². The highest BCUT2D eigenvalue weighted by atomic mass is 35.5. The highest BCUT2D eigenvalue weighted by Crippen LogP contribution is 2.26. The molecule has 2 aromatic rings. The number of carbonyl (C=O) groups excluding carboxylic acids is 1. The summed E-state index contributed by atoms with van der Waals surface area (Å²) in [5.74, 6) is 2.33. The minimum absolute atomic E-state index is 0.0899. The summed E-state index contributed by atoms with van der Waals surface area (Å²) in [5, 5.41) is 4.08. The summed E-state index contributed by atoms with van der Waals surface area (Å²) in [6.07, 6.45) is 4.22. The van der Waals surface area contributed by atoms with E-state index >= 15 is 0 Å². The molecule has 3 rings (SSSR count). The predicted octanol–water partition coefficient (Wildman–Crippen LogP) is 5.69. The number of thioether (sulfide) groups is 1. The van der Waals surface area contributed by atoms with E-state index in [-0.39, 0.29) is 5.91 Å². The molecule has 1 aliphatic carbocycles. The molecule has 2 aromatic carbocycles. The van der Waals surface area contributed by atoms with E-state index < -0.39 is 6.10 Å². The van der Waals surface area contributed by atoms with Gasteiger partial charge >= 0.3 is 0 Å². The van der Waals surface area contributed by atoms with Gasteiger partial charge in [0, 0.05) is 18.1 Å². The first kappa shape index (κ1) is 21.4. The van der Waals surface area contributed by atoms with Crippen LogP contribution < -0.4 is 10.1 Å². The largest absolute Gasteiger partial charge is 0.481 e. The van der Waals surface area contributed by atoms with Gasteiger partial charge in [-0.2, -0.15) is 11.8 Å². The van der Waals surface area contributed by atoms with Crippen LogP contribution in [0.5, 0.6) is 5.75 Å². The number of rotatable bonds is 8. The lowest BCUT2D eigenvalue weighted by Gasteiger charge is -2.19. The van der Waals surface area contributed by atoms with E-state index in [1.807, 2.05) is 18.2 Å². The number of carbonyl (C=O) groups is 1. The van der Waals surface area contributed by atoms with Crippen LogP contribution in [-0.4, -0.2) is 24.3 Å². The second-order valence-corrected chi connectivity index (χ2v) is 8.91. The Labute approximate surface area is 181 Å². The fourth-order valence-corrected chi connectivity index (χ4v) is 4.38. The molecular weight excluding hydrogens is 413 g/mol. The van der Waals surface area contributed by atoms with Gasteiger partial charge in [0.25, 0.3) is 5.91 Å². The zero-order valence-electron chi connectivity index (χ0n) is 16.0. The molecule has 1 atom stereocenters. The fraction of sp³-hybridized carbons (Fsp3) is 0.409. The first-order valence-corrected chi connectivity index (χ1v) is 11.5. The summed E-state index contributed by atoms with van der Waals surface area (Å²) in [6.45, 7) is 2.39. The number of nitrogens with one attached hydrogen (secondary N) is 1. The Morgan fingerprint density at radius 3 is 2.68 bits per heavy atom. The third-order valence-corrected chi connectivity index (χ3v) is 6.57. The molecule has 150 valence electrons. The van der Waals surface area contributed by atoms with Crippen molar-refractivity contribution in [1.29, 1.82) is 0 Å². The van der Waals surface area contributed by atoms with Gasteiger partial charge < -0.3 is 10.1 Å². The first-order chi connectivity index (χ1) is 13.5. The topological polar surface area (TPSA) is 38.3 Å². The molecule has 0 aromatic heterocycles. The third kappa shape index (κ3) is 6.07. The summed E-state index contributed by atoms with van der Waals surface area (Å²) >= 11 is 13.7. The van der Waals surface area contributed by atoms with E-state index in [2.05, 4.69) is 17.4 Å². The Morgan fingerprint density at radius 2 is 1.89 bits per heavy atom. The van der Waals surface area contributed by atoms with Crippen molar-refractivity contribution in [3.8, 4) is 5.75 Å². The minimum atomic E-state index is -0.512. The number of hydrogen-bond acceptors (Lipinski definition) is 3. The maximum Gasteiger partial charge on any atom is 0.260 e. The molecule has 0 saturated heterocycles. The number of hydrogen-bond donors (Lipinski definition) is 1. The van der Waals surface area contributed by atoms with Crippen molar-refractivity contribution in [2.24, 2.45) is 0 Å². The number of ether oxygens (including phenoxy) is 1. The lowest BCUT2D eigenvalue weighted by atomic mass is 9.92. The van der Waals surface area contributed by atoms with Crippen LogP contribution in [0.25, 0.3) is 0 Å². The average Bonchev–Trinajstić information content (AvgIpc) is 2.70. The van der Waals surface area contributed by atoms with Crippen molar-refractivity contribution >= 4 is 40.9 Å². The molecule has 0 unspecified atom stereocenters. The molecule has 28 heavy (non-hydrogen) atoms. The quantitative estimate of drug-likeness (QED) is 0.538.